The van der Waals surface area contributed by atoms with E-state index in [1.54, 1.807) is 11.4 Å². The van der Waals surface area contributed by atoms with Crippen molar-refractivity contribution in [1.82, 2.24) is 24.4 Å². The molecule has 0 radical (unpaired) electrons. The second-order valence-electron chi connectivity index (χ2n) is 10.8. The first-order valence-electron chi connectivity index (χ1n) is 13.9. The first-order valence-corrected chi connectivity index (χ1v) is 13.9. The number of benzene rings is 3. The van der Waals surface area contributed by atoms with Gasteiger partial charge in [0.2, 0.25) is 0 Å². The van der Waals surface area contributed by atoms with Crippen LogP contribution in [0.15, 0.2) is 60.8 Å². The van der Waals surface area contributed by atoms with Gasteiger partial charge in [0, 0.05) is 46.4 Å². The summed E-state index contributed by atoms with van der Waals surface area (Å²) in [4.78, 5) is 16.7. The van der Waals surface area contributed by atoms with Gasteiger partial charge in [-0.1, -0.05) is 24.3 Å². The first-order chi connectivity index (χ1) is 20.3. The monoisotopic (exact) mass is 561 g/mol. The Morgan fingerprint density at radius 1 is 1.07 bits per heavy atom. The number of aliphatic carboxylic acids is 1. The molecule has 0 unspecified atom stereocenters. The van der Waals surface area contributed by atoms with Gasteiger partial charge in [0.05, 0.1) is 36.1 Å². The zero-order valence-corrected chi connectivity index (χ0v) is 23.5. The molecule has 0 saturated carbocycles. The second-order valence-corrected chi connectivity index (χ2v) is 10.8. The predicted molar refractivity (Wildman–Crippen MR) is 158 cm³/mol. The van der Waals surface area contributed by atoms with Crippen LogP contribution in [-0.4, -0.2) is 42.1 Å². The van der Waals surface area contributed by atoms with E-state index in [2.05, 4.69) is 35.4 Å². The first kappa shape index (κ1) is 25.9. The number of halogens is 1. The summed E-state index contributed by atoms with van der Waals surface area (Å²) < 4.78 is 24.5. The molecular formula is C33H28FN5O3. The van der Waals surface area contributed by atoms with Gasteiger partial charge in [-0.3, -0.25) is 9.48 Å². The molecule has 1 N–H and O–H groups in total. The van der Waals surface area contributed by atoms with E-state index in [1.807, 2.05) is 43.0 Å². The summed E-state index contributed by atoms with van der Waals surface area (Å²) in [6, 6.07) is 17.7. The molecule has 7 rings (SSSR count). The Balaban J connectivity index is 1.41. The third-order valence-electron chi connectivity index (χ3n) is 8.16. The largest absolute Gasteiger partial charge is 0.490 e. The number of hydrogen-bond donors (Lipinski definition) is 1. The van der Waals surface area contributed by atoms with E-state index < -0.39 is 11.8 Å². The summed E-state index contributed by atoms with van der Waals surface area (Å²) in [5, 5.41) is 20.1. The Morgan fingerprint density at radius 3 is 2.71 bits per heavy atom. The Kier molecular flexibility index (Phi) is 6.04. The minimum absolute atomic E-state index is 0.264. The molecule has 0 bridgehead atoms. The molecule has 0 aliphatic carbocycles. The SMILES string of the molecule is Cc1nc2cc(-c3cccc(-c4ccc5c(cnn5C)c4)c3)nn2c(-c2cc(F)c3c(c2C)CCCO3)c1CC(=O)O. The van der Waals surface area contributed by atoms with Crippen LogP contribution in [0.2, 0.25) is 0 Å². The molecule has 9 heteroatoms. The van der Waals surface area contributed by atoms with E-state index in [4.69, 9.17) is 14.8 Å². The fourth-order valence-electron chi connectivity index (χ4n) is 6.04. The maximum Gasteiger partial charge on any atom is 0.307 e. The van der Waals surface area contributed by atoms with Crippen molar-refractivity contribution >= 4 is 22.5 Å². The Morgan fingerprint density at radius 2 is 1.88 bits per heavy atom. The van der Waals surface area contributed by atoms with Gasteiger partial charge in [0.1, 0.15) is 0 Å². The number of hydrogen-bond acceptors (Lipinski definition) is 5. The predicted octanol–water partition coefficient (Wildman–Crippen LogP) is 6.33. The summed E-state index contributed by atoms with van der Waals surface area (Å²) >= 11 is 0. The van der Waals surface area contributed by atoms with Crippen molar-refractivity contribution in [2.75, 3.05) is 6.61 Å². The van der Waals surface area contributed by atoms with Crippen molar-refractivity contribution in [2.45, 2.75) is 33.1 Å². The number of aryl methyl sites for hydroxylation is 2. The molecule has 0 fully saturated rings. The third-order valence-corrected chi connectivity index (χ3v) is 8.16. The van der Waals surface area contributed by atoms with Crippen molar-refractivity contribution in [1.29, 1.82) is 0 Å². The molecule has 8 nitrogen and oxygen atoms in total. The van der Waals surface area contributed by atoms with E-state index in [0.29, 0.717) is 46.9 Å². The van der Waals surface area contributed by atoms with Crippen LogP contribution in [0, 0.1) is 19.7 Å². The highest BCUT2D eigenvalue weighted by Crippen LogP contribution is 2.39. The number of fused-ring (bicyclic) bond motifs is 3. The molecule has 210 valence electrons. The summed E-state index contributed by atoms with van der Waals surface area (Å²) in [7, 11) is 1.92. The van der Waals surface area contributed by atoms with E-state index in [0.717, 1.165) is 45.1 Å². The van der Waals surface area contributed by atoms with E-state index in [1.165, 1.54) is 6.07 Å². The smallest absolute Gasteiger partial charge is 0.307 e. The Bertz CT molecular complexity index is 2060. The normalized spacial score (nSPS) is 13.0. The lowest BCUT2D eigenvalue weighted by molar-refractivity contribution is -0.136. The average molecular weight is 562 g/mol. The van der Waals surface area contributed by atoms with E-state index in [-0.39, 0.29) is 12.2 Å². The third kappa shape index (κ3) is 4.20. The van der Waals surface area contributed by atoms with Crippen LogP contribution >= 0.6 is 0 Å². The standard InChI is InChI=1S/C33H28FN5O3/c1-18-24-8-5-11-42-33(24)27(34)14-25(18)32-26(15-31(40)41)19(2)36-30-16-28(37-39(30)32)22-7-4-6-20(12-22)21-9-10-29-23(13-21)17-35-38(29)3/h4,6-7,9-10,12-14,16-17H,5,8,11,15H2,1-3H3,(H,40,41). The molecule has 3 aromatic heterocycles. The molecule has 0 spiro atoms. The van der Waals surface area contributed by atoms with Crippen molar-refractivity contribution in [3.8, 4) is 39.4 Å². The number of aromatic nitrogens is 5. The van der Waals surface area contributed by atoms with Gasteiger partial charge in [-0.2, -0.15) is 10.2 Å². The van der Waals surface area contributed by atoms with Crippen molar-refractivity contribution in [3.63, 3.8) is 0 Å². The van der Waals surface area contributed by atoms with Crippen LogP contribution in [-0.2, 0) is 24.7 Å². The van der Waals surface area contributed by atoms with Crippen LogP contribution in [0.5, 0.6) is 5.75 Å². The zero-order valence-electron chi connectivity index (χ0n) is 23.5. The number of carbonyl (C=O) groups is 1. The van der Waals surface area contributed by atoms with E-state index >= 15 is 4.39 Å². The lowest BCUT2D eigenvalue weighted by Crippen LogP contribution is -2.14. The second kappa shape index (κ2) is 9.80. The number of ether oxygens (including phenoxy) is 1. The molecule has 3 aromatic carbocycles. The highest BCUT2D eigenvalue weighted by molar-refractivity contribution is 5.86. The highest BCUT2D eigenvalue weighted by Gasteiger charge is 2.26. The zero-order chi connectivity index (χ0) is 29.1. The van der Waals surface area contributed by atoms with Gasteiger partial charge in [-0.05, 0) is 67.6 Å². The van der Waals surface area contributed by atoms with Gasteiger partial charge in [0.25, 0.3) is 0 Å². The minimum atomic E-state index is -0.995. The summed E-state index contributed by atoms with van der Waals surface area (Å²) in [6.45, 7) is 4.20. The number of carboxylic acids is 1. The molecule has 1 aliphatic heterocycles. The van der Waals surface area contributed by atoms with Gasteiger partial charge in [-0.15, -0.1) is 0 Å². The van der Waals surface area contributed by atoms with Crippen LogP contribution < -0.4 is 4.74 Å². The lowest BCUT2D eigenvalue weighted by Gasteiger charge is -2.23. The maximum atomic E-state index is 15.4. The van der Waals surface area contributed by atoms with Gasteiger partial charge in [0.15, 0.2) is 17.2 Å². The summed E-state index contributed by atoms with van der Waals surface area (Å²) in [5.41, 5.74) is 9.13. The molecule has 0 atom stereocenters. The van der Waals surface area contributed by atoms with Crippen molar-refractivity contribution in [3.05, 3.63) is 89.0 Å². The fraction of sp³-hybridized carbons (Fsp3) is 0.212. The van der Waals surface area contributed by atoms with Gasteiger partial charge < -0.3 is 9.84 Å². The molecule has 6 aromatic rings. The summed E-state index contributed by atoms with van der Waals surface area (Å²) in [5.74, 6) is -1.17. The Labute approximate surface area is 241 Å². The average Bonchev–Trinajstić information content (AvgIpc) is 3.58. The lowest BCUT2D eigenvalue weighted by atomic mass is 9.91. The molecule has 0 amide bonds. The quantitative estimate of drug-likeness (QED) is 0.265. The minimum Gasteiger partial charge on any atom is -0.490 e. The molecule has 42 heavy (non-hydrogen) atoms. The van der Waals surface area contributed by atoms with E-state index in [9.17, 15) is 9.90 Å². The number of nitrogens with zero attached hydrogens (tertiary/aromatic N) is 5. The molecule has 1 aliphatic rings. The molecular weight excluding hydrogens is 533 g/mol. The van der Waals surface area contributed by atoms with Gasteiger partial charge in [-0.25, -0.2) is 13.9 Å². The summed E-state index contributed by atoms with van der Waals surface area (Å²) in [6.07, 6.45) is 3.07. The van der Waals surface area contributed by atoms with Crippen molar-refractivity contribution < 1.29 is 19.0 Å². The molecule has 4 heterocycles. The van der Waals surface area contributed by atoms with Crippen LogP contribution in [0.3, 0.4) is 0 Å². The Hall–Kier alpha value is -5.05. The topological polar surface area (TPSA) is 94.5 Å². The highest BCUT2D eigenvalue weighted by atomic mass is 19.1. The van der Waals surface area contributed by atoms with Crippen LogP contribution in [0.25, 0.3) is 50.2 Å². The van der Waals surface area contributed by atoms with Crippen LogP contribution in [0.4, 0.5) is 4.39 Å². The van der Waals surface area contributed by atoms with Crippen LogP contribution in [0.1, 0.15) is 28.8 Å². The number of carboxylic acid groups (broad SMARTS) is 1. The molecule has 0 saturated heterocycles. The van der Waals surface area contributed by atoms with Crippen molar-refractivity contribution in [2.24, 2.45) is 7.05 Å². The number of rotatable bonds is 5. The maximum absolute atomic E-state index is 15.4. The van der Waals surface area contributed by atoms with Gasteiger partial charge >= 0.3 is 5.97 Å². The fourth-order valence-corrected chi connectivity index (χ4v) is 6.04.